The Kier molecular flexibility index (Phi) is 4.08. The van der Waals surface area contributed by atoms with Crippen LogP contribution in [-0.4, -0.2) is 27.4 Å². The van der Waals surface area contributed by atoms with Crippen LogP contribution >= 0.6 is 0 Å². The highest BCUT2D eigenvalue weighted by Crippen LogP contribution is 2.28. The molecule has 1 N–H and O–H groups in total. The van der Waals surface area contributed by atoms with E-state index in [0.29, 0.717) is 24.7 Å². The number of hydrogen-bond acceptors (Lipinski definition) is 5. The average molecular weight is 331 g/mol. The number of amides is 1. The minimum Gasteiger partial charge on any atom is -0.350 e. The SMILES string of the molecule is O=C(c1ccnc(NCc2cccnc2)n1)N1CCc2ccccc21. The number of anilines is 2. The fourth-order valence-electron chi connectivity index (χ4n) is 2.93. The van der Waals surface area contributed by atoms with Crippen LogP contribution in [0.3, 0.4) is 0 Å². The molecule has 0 atom stereocenters. The third-order valence-electron chi connectivity index (χ3n) is 4.18. The first-order chi connectivity index (χ1) is 12.3. The number of hydrogen-bond donors (Lipinski definition) is 1. The first-order valence-corrected chi connectivity index (χ1v) is 8.17. The number of pyridine rings is 1. The van der Waals surface area contributed by atoms with Crippen LogP contribution in [0.4, 0.5) is 11.6 Å². The van der Waals surface area contributed by atoms with Gasteiger partial charge in [-0.3, -0.25) is 9.78 Å². The Bertz CT molecular complexity index is 897. The molecule has 3 aromatic rings. The van der Waals surface area contributed by atoms with Gasteiger partial charge in [-0.05, 0) is 35.7 Å². The third kappa shape index (κ3) is 3.19. The van der Waals surface area contributed by atoms with Gasteiger partial charge in [-0.1, -0.05) is 24.3 Å². The molecule has 6 nitrogen and oxygen atoms in total. The molecule has 25 heavy (non-hydrogen) atoms. The van der Waals surface area contributed by atoms with E-state index in [0.717, 1.165) is 17.7 Å². The molecular formula is C19H17N5O. The highest BCUT2D eigenvalue weighted by atomic mass is 16.2. The number of benzene rings is 1. The number of carbonyl (C=O) groups is 1. The molecule has 0 aliphatic carbocycles. The zero-order chi connectivity index (χ0) is 17.1. The summed E-state index contributed by atoms with van der Waals surface area (Å²) in [6.07, 6.45) is 5.99. The van der Waals surface area contributed by atoms with Gasteiger partial charge in [0, 0.05) is 37.4 Å². The van der Waals surface area contributed by atoms with Crippen molar-refractivity contribution in [1.82, 2.24) is 15.0 Å². The molecule has 0 bridgehead atoms. The first-order valence-electron chi connectivity index (χ1n) is 8.17. The molecular weight excluding hydrogens is 314 g/mol. The van der Waals surface area contributed by atoms with Crippen LogP contribution in [0.25, 0.3) is 0 Å². The molecule has 1 aliphatic rings. The number of fused-ring (bicyclic) bond motifs is 1. The zero-order valence-corrected chi connectivity index (χ0v) is 13.6. The molecule has 0 saturated heterocycles. The molecule has 1 aromatic carbocycles. The van der Waals surface area contributed by atoms with Crippen molar-refractivity contribution in [2.75, 3.05) is 16.8 Å². The van der Waals surface area contributed by atoms with E-state index in [1.165, 1.54) is 5.56 Å². The van der Waals surface area contributed by atoms with Crippen LogP contribution in [-0.2, 0) is 13.0 Å². The van der Waals surface area contributed by atoms with E-state index < -0.39 is 0 Å². The molecule has 3 heterocycles. The van der Waals surface area contributed by atoms with Crippen LogP contribution in [0.15, 0.2) is 61.1 Å². The monoisotopic (exact) mass is 331 g/mol. The maximum Gasteiger partial charge on any atom is 0.277 e. The second kappa shape index (κ2) is 6.68. The Morgan fingerprint density at radius 1 is 1.12 bits per heavy atom. The molecule has 1 aliphatic heterocycles. The lowest BCUT2D eigenvalue weighted by Crippen LogP contribution is -2.29. The van der Waals surface area contributed by atoms with E-state index in [2.05, 4.69) is 26.3 Å². The van der Waals surface area contributed by atoms with Crippen molar-refractivity contribution in [3.63, 3.8) is 0 Å². The summed E-state index contributed by atoms with van der Waals surface area (Å²) in [5.74, 6) is 0.332. The van der Waals surface area contributed by atoms with E-state index in [1.807, 2.05) is 30.3 Å². The van der Waals surface area contributed by atoms with Crippen LogP contribution in [0, 0.1) is 0 Å². The minimum atomic E-state index is -0.100. The fraction of sp³-hybridized carbons (Fsp3) is 0.158. The second-order valence-electron chi connectivity index (χ2n) is 5.82. The largest absolute Gasteiger partial charge is 0.350 e. The van der Waals surface area contributed by atoms with Crippen LogP contribution in [0.1, 0.15) is 21.6 Å². The molecule has 2 aromatic heterocycles. The van der Waals surface area contributed by atoms with Crippen molar-refractivity contribution in [2.45, 2.75) is 13.0 Å². The maximum absolute atomic E-state index is 12.8. The van der Waals surface area contributed by atoms with E-state index in [1.54, 1.807) is 29.6 Å². The second-order valence-corrected chi connectivity index (χ2v) is 5.82. The molecule has 1 amide bonds. The molecule has 0 fully saturated rings. The zero-order valence-electron chi connectivity index (χ0n) is 13.6. The van der Waals surface area contributed by atoms with Crippen LogP contribution in [0.2, 0.25) is 0 Å². The predicted octanol–water partition coefficient (Wildman–Crippen LogP) is 2.69. The molecule has 0 spiro atoms. The van der Waals surface area contributed by atoms with E-state index in [9.17, 15) is 4.79 Å². The lowest BCUT2D eigenvalue weighted by molar-refractivity contribution is 0.0984. The normalized spacial score (nSPS) is 12.7. The van der Waals surface area contributed by atoms with Gasteiger partial charge in [0.2, 0.25) is 5.95 Å². The molecule has 124 valence electrons. The van der Waals surface area contributed by atoms with Crippen molar-refractivity contribution in [3.05, 3.63) is 77.9 Å². The summed E-state index contributed by atoms with van der Waals surface area (Å²) < 4.78 is 0. The third-order valence-corrected chi connectivity index (χ3v) is 4.18. The maximum atomic E-state index is 12.8. The Balaban J connectivity index is 1.51. The standard InChI is InChI=1S/C19H17N5O/c25-18(24-11-8-15-5-1-2-6-17(15)24)16-7-10-21-19(23-16)22-13-14-4-3-9-20-12-14/h1-7,9-10,12H,8,11,13H2,(H,21,22,23). The molecule has 4 rings (SSSR count). The van der Waals surface area contributed by atoms with Crippen molar-refractivity contribution in [2.24, 2.45) is 0 Å². The molecule has 0 radical (unpaired) electrons. The number of carbonyl (C=O) groups excluding carboxylic acids is 1. The van der Waals surface area contributed by atoms with Gasteiger partial charge in [0.05, 0.1) is 0 Å². The Morgan fingerprint density at radius 2 is 2.04 bits per heavy atom. The number of rotatable bonds is 4. The summed E-state index contributed by atoms with van der Waals surface area (Å²) in [6, 6.07) is 13.5. The van der Waals surface area contributed by atoms with Gasteiger partial charge in [-0.2, -0.15) is 0 Å². The summed E-state index contributed by atoms with van der Waals surface area (Å²) in [5.41, 5.74) is 3.58. The predicted molar refractivity (Wildman–Crippen MR) is 95.4 cm³/mol. The summed E-state index contributed by atoms with van der Waals surface area (Å²) in [6.45, 7) is 1.23. The van der Waals surface area contributed by atoms with Gasteiger partial charge in [0.25, 0.3) is 5.91 Å². The number of para-hydroxylation sites is 1. The quantitative estimate of drug-likeness (QED) is 0.796. The Hall–Kier alpha value is -3.28. The van der Waals surface area contributed by atoms with Gasteiger partial charge in [-0.15, -0.1) is 0 Å². The summed E-state index contributed by atoms with van der Waals surface area (Å²) in [7, 11) is 0. The minimum absolute atomic E-state index is 0.100. The van der Waals surface area contributed by atoms with E-state index in [-0.39, 0.29) is 5.91 Å². The van der Waals surface area contributed by atoms with Gasteiger partial charge < -0.3 is 10.2 Å². The van der Waals surface area contributed by atoms with Gasteiger partial charge in [0.1, 0.15) is 5.69 Å². The Morgan fingerprint density at radius 3 is 2.92 bits per heavy atom. The van der Waals surface area contributed by atoms with Crippen LogP contribution < -0.4 is 10.2 Å². The van der Waals surface area contributed by atoms with Gasteiger partial charge in [-0.25, -0.2) is 9.97 Å². The topological polar surface area (TPSA) is 71.0 Å². The summed E-state index contributed by atoms with van der Waals surface area (Å²) in [5, 5.41) is 3.13. The summed E-state index contributed by atoms with van der Waals surface area (Å²) >= 11 is 0. The average Bonchev–Trinajstić information content (AvgIpc) is 3.11. The van der Waals surface area contributed by atoms with Crippen molar-refractivity contribution in [1.29, 1.82) is 0 Å². The lowest BCUT2D eigenvalue weighted by atomic mass is 10.2. The van der Waals surface area contributed by atoms with Gasteiger partial charge >= 0.3 is 0 Å². The molecule has 0 saturated carbocycles. The smallest absolute Gasteiger partial charge is 0.277 e. The number of nitrogens with one attached hydrogen (secondary N) is 1. The first kappa shape index (κ1) is 15.3. The molecule has 6 heteroatoms. The van der Waals surface area contributed by atoms with Crippen LogP contribution in [0.5, 0.6) is 0 Å². The summed E-state index contributed by atoms with van der Waals surface area (Å²) in [4.78, 5) is 27.3. The number of nitrogens with zero attached hydrogens (tertiary/aromatic N) is 4. The van der Waals surface area contributed by atoms with Gasteiger partial charge in [0.15, 0.2) is 0 Å². The van der Waals surface area contributed by atoms with E-state index >= 15 is 0 Å². The highest BCUT2D eigenvalue weighted by molar-refractivity contribution is 6.06. The fourth-order valence-corrected chi connectivity index (χ4v) is 2.93. The molecule has 0 unspecified atom stereocenters. The number of aromatic nitrogens is 3. The van der Waals surface area contributed by atoms with Crippen molar-refractivity contribution >= 4 is 17.5 Å². The van der Waals surface area contributed by atoms with Crippen molar-refractivity contribution < 1.29 is 4.79 Å². The lowest BCUT2D eigenvalue weighted by Gasteiger charge is -2.17. The van der Waals surface area contributed by atoms with E-state index in [4.69, 9.17) is 0 Å². The highest BCUT2D eigenvalue weighted by Gasteiger charge is 2.26. The van der Waals surface area contributed by atoms with Crippen molar-refractivity contribution in [3.8, 4) is 0 Å². The Labute approximate surface area is 145 Å².